The lowest BCUT2D eigenvalue weighted by Crippen LogP contribution is -2.14. The summed E-state index contributed by atoms with van der Waals surface area (Å²) in [6.07, 6.45) is 0. The number of thioether (sulfide) groups is 1. The summed E-state index contributed by atoms with van der Waals surface area (Å²) in [4.78, 5) is 10.7. The molecule has 0 radical (unpaired) electrons. The minimum absolute atomic E-state index is 0.0159. The summed E-state index contributed by atoms with van der Waals surface area (Å²) >= 11 is 1.51. The molecule has 0 aromatic heterocycles. The Balaban J connectivity index is 3.56. The first-order valence-corrected chi connectivity index (χ1v) is 4.29. The normalized spacial score (nSPS) is 16.4. The van der Waals surface area contributed by atoms with Gasteiger partial charge >= 0.3 is 0 Å². The van der Waals surface area contributed by atoms with Crippen LogP contribution in [0, 0.1) is 0 Å². The number of hydrogen-bond donors (Lipinski definition) is 1. The first kappa shape index (κ1) is 9.98. The highest BCUT2D eigenvalue weighted by atomic mass is 32.2. The molecule has 2 nitrogen and oxygen atoms in total. The summed E-state index contributed by atoms with van der Waals surface area (Å²) in [7, 11) is 0. The molecular formula is C7H14O2S. The Morgan fingerprint density at radius 1 is 1.60 bits per heavy atom. The highest BCUT2D eigenvalue weighted by Gasteiger charge is 2.11. The molecule has 0 spiro atoms. The molecule has 0 saturated carbocycles. The van der Waals surface area contributed by atoms with Crippen LogP contribution < -0.4 is 0 Å². The van der Waals surface area contributed by atoms with Gasteiger partial charge in [-0.25, -0.2) is 0 Å². The van der Waals surface area contributed by atoms with E-state index in [1.807, 2.05) is 13.8 Å². The molecule has 0 rings (SSSR count). The summed E-state index contributed by atoms with van der Waals surface area (Å²) in [5.41, 5.74) is 0. The van der Waals surface area contributed by atoms with Gasteiger partial charge in [-0.15, -0.1) is 11.8 Å². The van der Waals surface area contributed by atoms with Crippen LogP contribution in [0.2, 0.25) is 0 Å². The maximum atomic E-state index is 10.7. The monoisotopic (exact) mass is 162 g/mol. The zero-order valence-corrected chi connectivity index (χ0v) is 7.44. The lowest BCUT2D eigenvalue weighted by atomic mass is 10.3. The van der Waals surface area contributed by atoms with Crippen molar-refractivity contribution in [3.05, 3.63) is 0 Å². The fourth-order valence-electron chi connectivity index (χ4n) is 0.487. The lowest BCUT2D eigenvalue weighted by Gasteiger charge is -2.11. The van der Waals surface area contributed by atoms with Gasteiger partial charge in [0, 0.05) is 5.25 Å². The van der Waals surface area contributed by atoms with Crippen LogP contribution in [0.5, 0.6) is 0 Å². The fourth-order valence-corrected chi connectivity index (χ4v) is 1.46. The Hall–Kier alpha value is -0.0200. The molecule has 0 saturated heterocycles. The average molecular weight is 162 g/mol. The quantitative estimate of drug-likeness (QED) is 0.672. The predicted octanol–water partition coefficient (Wildman–Crippen LogP) is 1.08. The maximum Gasteiger partial charge on any atom is 0.142 e. The largest absolute Gasteiger partial charge is 0.395 e. The van der Waals surface area contributed by atoms with Crippen LogP contribution >= 0.6 is 11.8 Å². The van der Waals surface area contributed by atoms with Crippen LogP contribution in [0.1, 0.15) is 20.8 Å². The van der Waals surface area contributed by atoms with Crippen molar-refractivity contribution in [3.63, 3.8) is 0 Å². The second-order valence-electron chi connectivity index (χ2n) is 2.38. The van der Waals surface area contributed by atoms with Crippen LogP contribution in [0.3, 0.4) is 0 Å². The molecule has 3 heteroatoms. The Labute approximate surface area is 66.0 Å². The van der Waals surface area contributed by atoms with E-state index in [9.17, 15) is 4.79 Å². The molecule has 2 atom stereocenters. The molecule has 1 N–H and O–H groups in total. The highest BCUT2D eigenvalue weighted by molar-refractivity contribution is 8.01. The standard InChI is InChI=1S/C7H14O2S/c1-5(4-8)10-7(3)6(2)9/h5,7-8H,4H2,1-3H3. The Kier molecular flexibility index (Phi) is 4.73. The van der Waals surface area contributed by atoms with Crippen LogP contribution in [-0.2, 0) is 4.79 Å². The van der Waals surface area contributed by atoms with Crippen molar-refractivity contribution in [1.82, 2.24) is 0 Å². The van der Waals surface area contributed by atoms with Gasteiger partial charge in [-0.2, -0.15) is 0 Å². The number of Topliss-reactive ketones (excluding diaryl/α,β-unsaturated/α-hetero) is 1. The first-order chi connectivity index (χ1) is 4.57. The third-order valence-corrected chi connectivity index (χ3v) is 2.62. The van der Waals surface area contributed by atoms with Gasteiger partial charge in [0.2, 0.25) is 0 Å². The number of rotatable bonds is 4. The number of aliphatic hydroxyl groups is 1. The average Bonchev–Trinajstić information content (AvgIpc) is 1.87. The summed E-state index contributed by atoms with van der Waals surface area (Å²) in [6, 6.07) is 0. The van der Waals surface area contributed by atoms with E-state index in [0.717, 1.165) is 0 Å². The molecule has 0 heterocycles. The van der Waals surface area contributed by atoms with E-state index in [4.69, 9.17) is 5.11 Å². The van der Waals surface area contributed by atoms with Gasteiger partial charge < -0.3 is 5.11 Å². The molecule has 0 aromatic rings. The summed E-state index contributed by atoms with van der Waals surface area (Å²) < 4.78 is 0. The molecule has 2 unspecified atom stereocenters. The van der Waals surface area contributed by atoms with Crippen LogP contribution in [0.25, 0.3) is 0 Å². The summed E-state index contributed by atoms with van der Waals surface area (Å²) in [5, 5.41) is 8.81. The molecule has 0 bridgehead atoms. The molecule has 0 amide bonds. The van der Waals surface area contributed by atoms with Gasteiger partial charge in [0.05, 0.1) is 11.9 Å². The molecule has 0 aliphatic carbocycles. The van der Waals surface area contributed by atoms with Crippen LogP contribution in [-0.4, -0.2) is 28.0 Å². The van der Waals surface area contributed by atoms with Gasteiger partial charge in [-0.3, -0.25) is 4.79 Å². The van der Waals surface area contributed by atoms with Crippen molar-refractivity contribution in [3.8, 4) is 0 Å². The Bertz CT molecular complexity index is 114. The van der Waals surface area contributed by atoms with Crippen molar-refractivity contribution in [1.29, 1.82) is 0 Å². The van der Waals surface area contributed by atoms with Crippen LogP contribution in [0.4, 0.5) is 0 Å². The molecular weight excluding hydrogens is 148 g/mol. The molecule has 0 aromatic carbocycles. The van der Waals surface area contributed by atoms with Crippen molar-refractivity contribution >= 4 is 17.5 Å². The van der Waals surface area contributed by atoms with E-state index in [-0.39, 0.29) is 22.9 Å². The molecule has 10 heavy (non-hydrogen) atoms. The molecule has 0 aliphatic rings. The second-order valence-corrected chi connectivity index (χ2v) is 4.17. The smallest absolute Gasteiger partial charge is 0.142 e. The maximum absolute atomic E-state index is 10.7. The third-order valence-electron chi connectivity index (χ3n) is 1.27. The van der Waals surface area contributed by atoms with E-state index < -0.39 is 0 Å². The molecule has 60 valence electrons. The van der Waals surface area contributed by atoms with Crippen molar-refractivity contribution in [2.75, 3.05) is 6.61 Å². The number of ketones is 1. The van der Waals surface area contributed by atoms with Gasteiger partial charge in [-0.05, 0) is 13.8 Å². The minimum Gasteiger partial charge on any atom is -0.395 e. The summed E-state index contributed by atoms with van der Waals surface area (Å²) in [6.45, 7) is 5.48. The van der Waals surface area contributed by atoms with E-state index in [0.29, 0.717) is 0 Å². The fraction of sp³-hybridized carbons (Fsp3) is 0.857. The number of carbonyl (C=O) groups excluding carboxylic acids is 1. The summed E-state index contributed by atoms with van der Waals surface area (Å²) in [5.74, 6) is 0.172. The van der Waals surface area contributed by atoms with E-state index in [2.05, 4.69) is 0 Å². The molecule has 0 fully saturated rings. The predicted molar refractivity (Wildman–Crippen MR) is 44.3 cm³/mol. The van der Waals surface area contributed by atoms with E-state index in [1.54, 1.807) is 6.92 Å². The van der Waals surface area contributed by atoms with Gasteiger partial charge in [-0.1, -0.05) is 6.92 Å². The van der Waals surface area contributed by atoms with E-state index in [1.165, 1.54) is 11.8 Å². The van der Waals surface area contributed by atoms with Gasteiger partial charge in [0.25, 0.3) is 0 Å². The second kappa shape index (κ2) is 4.74. The third kappa shape index (κ3) is 3.90. The Morgan fingerprint density at radius 3 is 2.40 bits per heavy atom. The van der Waals surface area contributed by atoms with Gasteiger partial charge in [0.1, 0.15) is 5.78 Å². The zero-order chi connectivity index (χ0) is 8.15. The van der Waals surface area contributed by atoms with Gasteiger partial charge in [0.15, 0.2) is 0 Å². The Morgan fingerprint density at radius 2 is 2.10 bits per heavy atom. The van der Waals surface area contributed by atoms with Crippen LogP contribution in [0.15, 0.2) is 0 Å². The minimum atomic E-state index is 0.0159. The van der Waals surface area contributed by atoms with Crippen molar-refractivity contribution < 1.29 is 9.90 Å². The molecule has 0 aliphatic heterocycles. The zero-order valence-electron chi connectivity index (χ0n) is 6.63. The number of aliphatic hydroxyl groups excluding tert-OH is 1. The first-order valence-electron chi connectivity index (χ1n) is 3.34. The van der Waals surface area contributed by atoms with Crippen molar-refractivity contribution in [2.24, 2.45) is 0 Å². The number of hydrogen-bond acceptors (Lipinski definition) is 3. The van der Waals surface area contributed by atoms with Crippen molar-refractivity contribution in [2.45, 2.75) is 31.3 Å². The lowest BCUT2D eigenvalue weighted by molar-refractivity contribution is -0.116. The van der Waals surface area contributed by atoms with E-state index >= 15 is 0 Å². The topological polar surface area (TPSA) is 37.3 Å². The highest BCUT2D eigenvalue weighted by Crippen LogP contribution is 2.16. The SMILES string of the molecule is CC(=O)C(C)SC(C)CO. The number of carbonyl (C=O) groups is 1.